The summed E-state index contributed by atoms with van der Waals surface area (Å²) in [5.74, 6) is 0.391. The molecule has 0 radical (unpaired) electrons. The highest BCUT2D eigenvalue weighted by Gasteiger charge is 2.34. The Bertz CT molecular complexity index is 1730. The van der Waals surface area contributed by atoms with Gasteiger partial charge in [-0.05, 0) is 36.9 Å². The summed E-state index contributed by atoms with van der Waals surface area (Å²) in [6, 6.07) is 12.7. The van der Waals surface area contributed by atoms with E-state index in [2.05, 4.69) is 0 Å². The third kappa shape index (κ3) is 4.77. The Morgan fingerprint density at radius 1 is 1.24 bits per heavy atom. The largest absolute Gasteiger partial charge is 0.463 e. The Morgan fingerprint density at radius 2 is 2.08 bits per heavy atom. The summed E-state index contributed by atoms with van der Waals surface area (Å²) in [7, 11) is 0. The van der Waals surface area contributed by atoms with E-state index in [4.69, 9.17) is 14.1 Å². The fraction of sp³-hybridized carbons (Fsp3) is 0.222. The Labute approximate surface area is 224 Å². The van der Waals surface area contributed by atoms with Crippen LogP contribution in [-0.4, -0.2) is 22.1 Å². The number of nitro groups is 1. The van der Waals surface area contributed by atoms with Gasteiger partial charge in [-0.3, -0.25) is 19.5 Å². The Balaban J connectivity index is 1.62. The SMILES string of the molecule is CCCC1=C(C(=O)OCC)C(c2cccs2)n2c(s/c(=C\c3ccc(-c4cccc([N+](=O)[O-])c4)o3)c2=O)=N1. The molecule has 194 valence electrons. The fourth-order valence-electron chi connectivity index (χ4n) is 4.32. The van der Waals surface area contributed by atoms with Crippen LogP contribution in [0.4, 0.5) is 5.69 Å². The number of rotatable bonds is 8. The van der Waals surface area contributed by atoms with E-state index in [1.165, 1.54) is 34.8 Å². The Morgan fingerprint density at radius 3 is 2.79 bits per heavy atom. The molecule has 4 aromatic rings. The lowest BCUT2D eigenvalue weighted by molar-refractivity contribution is -0.384. The van der Waals surface area contributed by atoms with Gasteiger partial charge in [0.15, 0.2) is 4.80 Å². The summed E-state index contributed by atoms with van der Waals surface area (Å²) >= 11 is 2.69. The molecule has 0 saturated carbocycles. The highest BCUT2D eigenvalue weighted by Crippen LogP contribution is 2.34. The quantitative estimate of drug-likeness (QED) is 0.177. The number of fused-ring (bicyclic) bond motifs is 1. The van der Waals surface area contributed by atoms with Crippen LogP contribution >= 0.6 is 22.7 Å². The van der Waals surface area contributed by atoms with Crippen molar-refractivity contribution >= 4 is 40.4 Å². The van der Waals surface area contributed by atoms with Gasteiger partial charge >= 0.3 is 5.97 Å². The minimum Gasteiger partial charge on any atom is -0.463 e. The molecule has 1 atom stereocenters. The number of nitro benzene ring substituents is 1. The number of allylic oxidation sites excluding steroid dienone is 1. The van der Waals surface area contributed by atoms with Crippen molar-refractivity contribution in [3.63, 3.8) is 0 Å². The lowest BCUT2D eigenvalue weighted by Gasteiger charge is -2.24. The number of carbonyl (C=O) groups is 1. The minimum absolute atomic E-state index is 0.0392. The number of thiophene rings is 1. The van der Waals surface area contributed by atoms with E-state index in [0.29, 0.717) is 44.1 Å². The van der Waals surface area contributed by atoms with Gasteiger partial charge in [0.2, 0.25) is 0 Å². The number of nitrogens with zero attached hydrogens (tertiary/aromatic N) is 3. The molecule has 11 heteroatoms. The number of carbonyl (C=O) groups excluding carboxylic acids is 1. The number of aromatic nitrogens is 1. The molecule has 5 rings (SSSR count). The molecule has 1 unspecified atom stereocenters. The van der Waals surface area contributed by atoms with Crippen LogP contribution in [0, 0.1) is 10.1 Å². The summed E-state index contributed by atoms with van der Waals surface area (Å²) in [5, 5.41) is 13.0. The monoisotopic (exact) mass is 549 g/mol. The van der Waals surface area contributed by atoms with Crippen LogP contribution in [-0.2, 0) is 9.53 Å². The van der Waals surface area contributed by atoms with E-state index < -0.39 is 16.9 Å². The molecule has 0 aliphatic carbocycles. The standard InChI is InChI=1S/C27H23N3O6S2/c1-3-7-19-23(26(32)35-4-2)24(21-10-6-13-37-21)29-25(31)22(38-27(29)28-19)15-18-11-12-20(36-18)16-8-5-9-17(14-16)30(33)34/h5-6,8-15,24H,3-4,7H2,1-2H3/b22-15-. The van der Waals surface area contributed by atoms with Gasteiger partial charge in [-0.15, -0.1) is 11.3 Å². The van der Waals surface area contributed by atoms with Crippen molar-refractivity contribution < 1.29 is 18.9 Å². The molecule has 1 aromatic carbocycles. The van der Waals surface area contributed by atoms with Gasteiger partial charge in [0, 0.05) is 28.6 Å². The Hall–Kier alpha value is -4.09. The molecular weight excluding hydrogens is 526 g/mol. The average molecular weight is 550 g/mol. The Kier molecular flexibility index (Phi) is 7.21. The summed E-state index contributed by atoms with van der Waals surface area (Å²) in [6.07, 6.45) is 2.98. The lowest BCUT2D eigenvalue weighted by Crippen LogP contribution is -2.39. The highest BCUT2D eigenvalue weighted by atomic mass is 32.1. The first-order chi connectivity index (χ1) is 18.4. The molecule has 0 amide bonds. The maximum atomic E-state index is 13.7. The van der Waals surface area contributed by atoms with Gasteiger partial charge < -0.3 is 9.15 Å². The first-order valence-corrected chi connectivity index (χ1v) is 13.7. The van der Waals surface area contributed by atoms with Gasteiger partial charge in [-0.25, -0.2) is 9.79 Å². The van der Waals surface area contributed by atoms with Crippen molar-refractivity contribution in [3.05, 3.63) is 106 Å². The molecule has 9 nitrogen and oxygen atoms in total. The van der Waals surface area contributed by atoms with E-state index in [-0.39, 0.29) is 17.9 Å². The number of hydrogen-bond acceptors (Lipinski definition) is 9. The molecule has 4 heterocycles. The second-order valence-electron chi connectivity index (χ2n) is 8.44. The average Bonchev–Trinajstić information content (AvgIpc) is 3.66. The zero-order valence-electron chi connectivity index (χ0n) is 20.6. The second-order valence-corrected chi connectivity index (χ2v) is 10.4. The summed E-state index contributed by atoms with van der Waals surface area (Å²) in [6.45, 7) is 3.98. The smallest absolute Gasteiger partial charge is 0.338 e. The summed E-state index contributed by atoms with van der Waals surface area (Å²) in [4.78, 5) is 43.6. The fourth-order valence-corrected chi connectivity index (χ4v) is 6.15. The van der Waals surface area contributed by atoms with Gasteiger partial charge in [-0.1, -0.05) is 42.9 Å². The van der Waals surface area contributed by atoms with Crippen LogP contribution in [0.5, 0.6) is 0 Å². The van der Waals surface area contributed by atoms with E-state index in [1.807, 2.05) is 24.4 Å². The first-order valence-electron chi connectivity index (χ1n) is 12.0. The third-order valence-corrected chi connectivity index (χ3v) is 7.85. The molecular formula is C27H23N3O6S2. The zero-order valence-corrected chi connectivity index (χ0v) is 22.2. The van der Waals surface area contributed by atoms with Crippen LogP contribution in [0.25, 0.3) is 17.4 Å². The predicted molar refractivity (Wildman–Crippen MR) is 145 cm³/mol. The molecule has 1 aliphatic rings. The maximum Gasteiger partial charge on any atom is 0.338 e. The first kappa shape index (κ1) is 25.6. The number of non-ortho nitro benzene ring substituents is 1. The van der Waals surface area contributed by atoms with Crippen molar-refractivity contribution in [2.75, 3.05) is 6.61 Å². The lowest BCUT2D eigenvalue weighted by atomic mass is 9.99. The molecule has 0 bridgehead atoms. The topological polar surface area (TPSA) is 117 Å². The van der Waals surface area contributed by atoms with Gasteiger partial charge in [0.1, 0.15) is 17.6 Å². The molecule has 38 heavy (non-hydrogen) atoms. The maximum absolute atomic E-state index is 13.7. The molecule has 0 spiro atoms. The van der Waals surface area contributed by atoms with Gasteiger partial charge in [0.25, 0.3) is 11.2 Å². The normalized spacial score (nSPS) is 15.3. The molecule has 0 saturated heterocycles. The van der Waals surface area contributed by atoms with Gasteiger partial charge in [0.05, 0.1) is 27.3 Å². The number of furan rings is 1. The number of ether oxygens (including phenoxy) is 1. The number of hydrogen-bond donors (Lipinski definition) is 0. The number of benzene rings is 1. The van der Waals surface area contributed by atoms with Crippen LogP contribution in [0.2, 0.25) is 0 Å². The predicted octanol–water partition coefficient (Wildman–Crippen LogP) is 4.81. The molecule has 1 aliphatic heterocycles. The molecule has 3 aromatic heterocycles. The minimum atomic E-state index is -0.633. The van der Waals surface area contributed by atoms with E-state index in [9.17, 15) is 19.7 Å². The van der Waals surface area contributed by atoms with Crippen molar-refractivity contribution in [2.24, 2.45) is 4.99 Å². The van der Waals surface area contributed by atoms with Crippen molar-refractivity contribution in [3.8, 4) is 11.3 Å². The number of esters is 1. The number of thiazole rings is 1. The van der Waals surface area contributed by atoms with E-state index >= 15 is 0 Å². The van der Waals surface area contributed by atoms with Crippen molar-refractivity contribution in [2.45, 2.75) is 32.7 Å². The van der Waals surface area contributed by atoms with Crippen LogP contribution < -0.4 is 14.9 Å². The van der Waals surface area contributed by atoms with Crippen LogP contribution in [0.15, 0.2) is 79.4 Å². The highest BCUT2D eigenvalue weighted by molar-refractivity contribution is 7.10. The summed E-state index contributed by atoms with van der Waals surface area (Å²) in [5.41, 5.74) is 1.24. The van der Waals surface area contributed by atoms with E-state index in [0.717, 1.165) is 11.3 Å². The van der Waals surface area contributed by atoms with E-state index in [1.54, 1.807) is 41.8 Å². The van der Waals surface area contributed by atoms with Crippen LogP contribution in [0.3, 0.4) is 0 Å². The van der Waals surface area contributed by atoms with Crippen LogP contribution in [0.1, 0.15) is 43.4 Å². The molecule has 0 N–H and O–H groups in total. The van der Waals surface area contributed by atoms with Crippen molar-refractivity contribution in [1.82, 2.24) is 4.57 Å². The molecule has 0 fully saturated rings. The third-order valence-electron chi connectivity index (χ3n) is 5.95. The summed E-state index contributed by atoms with van der Waals surface area (Å²) < 4.78 is 13.2. The zero-order chi connectivity index (χ0) is 26.8. The van der Waals surface area contributed by atoms with Gasteiger partial charge in [-0.2, -0.15) is 0 Å². The second kappa shape index (κ2) is 10.7. The van der Waals surface area contributed by atoms with Crippen molar-refractivity contribution in [1.29, 1.82) is 0 Å².